The van der Waals surface area contributed by atoms with Gasteiger partial charge in [-0.2, -0.15) is 0 Å². The molecule has 1 aliphatic rings. The summed E-state index contributed by atoms with van der Waals surface area (Å²) in [5, 5.41) is 11.7. The first-order valence-corrected chi connectivity index (χ1v) is 9.17. The molecule has 0 saturated heterocycles. The van der Waals surface area contributed by atoms with Gasteiger partial charge in [-0.3, -0.25) is 0 Å². The summed E-state index contributed by atoms with van der Waals surface area (Å²) in [7, 11) is 1.21. The molecule has 0 radical (unpaired) electrons. The molecule has 138 valence electrons. The number of carbonyl (C=O) groups is 1. The highest BCUT2D eigenvalue weighted by molar-refractivity contribution is 8.18. The second-order valence-corrected chi connectivity index (χ2v) is 7.26. The normalized spacial score (nSPS) is 17.0. The average molecular weight is 424 g/mol. The number of aliphatic imine (C=N–C) groups is 1. The number of ether oxygens (including phenoxy) is 1. The van der Waals surface area contributed by atoms with Crippen LogP contribution in [0.1, 0.15) is 5.56 Å². The molecular weight excluding hydrogens is 412 g/mol. The second-order valence-electron chi connectivity index (χ2n) is 5.39. The number of hydrogen-bond acceptors (Lipinski definition) is 5. The lowest BCUT2D eigenvalue weighted by atomic mass is 10.1. The van der Waals surface area contributed by atoms with Crippen molar-refractivity contribution in [3.05, 3.63) is 80.1 Å². The number of aliphatic hydroxyl groups excluding tert-OH is 1. The number of nitrogens with zero attached hydrogens (tertiary/aromatic N) is 1. The first kappa shape index (κ1) is 19.5. The Balaban J connectivity index is 2.07. The largest absolute Gasteiger partial charge is 0.506 e. The van der Waals surface area contributed by atoms with Crippen LogP contribution in [0.25, 0.3) is 6.08 Å². The van der Waals surface area contributed by atoms with Crippen molar-refractivity contribution in [3.8, 4) is 0 Å². The third-order valence-electron chi connectivity index (χ3n) is 3.58. The Morgan fingerprint density at radius 3 is 2.59 bits per heavy atom. The first-order chi connectivity index (χ1) is 12.9. The van der Waals surface area contributed by atoms with E-state index in [1.165, 1.54) is 31.4 Å². The number of hydrogen-bond donors (Lipinski definition) is 1. The van der Waals surface area contributed by atoms with E-state index >= 15 is 0 Å². The van der Waals surface area contributed by atoms with Crippen LogP contribution in [0.15, 0.2) is 63.7 Å². The summed E-state index contributed by atoms with van der Waals surface area (Å²) in [6.45, 7) is 0. The molecule has 0 amide bonds. The van der Waals surface area contributed by atoms with Gasteiger partial charge in [0, 0.05) is 10.0 Å². The highest BCUT2D eigenvalue weighted by Crippen LogP contribution is 2.41. The van der Waals surface area contributed by atoms with Crippen LogP contribution < -0.4 is 0 Å². The predicted molar refractivity (Wildman–Crippen MR) is 107 cm³/mol. The Morgan fingerprint density at radius 1 is 1.22 bits per heavy atom. The van der Waals surface area contributed by atoms with Crippen molar-refractivity contribution < 1.29 is 19.0 Å². The smallest absolute Gasteiger partial charge is 0.344 e. The van der Waals surface area contributed by atoms with E-state index in [1.807, 2.05) is 0 Å². The molecule has 0 atom stereocenters. The van der Waals surface area contributed by atoms with Crippen molar-refractivity contribution >= 4 is 57.7 Å². The highest BCUT2D eigenvalue weighted by Gasteiger charge is 2.33. The van der Waals surface area contributed by atoms with Crippen molar-refractivity contribution in [2.75, 3.05) is 7.11 Å². The number of thioether (sulfide) groups is 1. The molecule has 0 spiro atoms. The van der Waals surface area contributed by atoms with Crippen LogP contribution in [-0.2, 0) is 9.53 Å². The molecule has 27 heavy (non-hydrogen) atoms. The zero-order valence-electron chi connectivity index (χ0n) is 13.9. The molecule has 0 saturated carbocycles. The maximum absolute atomic E-state index is 13.1. The molecule has 2 aromatic rings. The lowest BCUT2D eigenvalue weighted by molar-refractivity contribution is -0.135. The van der Waals surface area contributed by atoms with Gasteiger partial charge in [0.15, 0.2) is 0 Å². The SMILES string of the molecule is COC(=O)C1=C(O)C(=Cc2cc(Cl)ccc2Cl)SC1=Nc1ccc(F)cc1. The summed E-state index contributed by atoms with van der Waals surface area (Å²) in [5.41, 5.74) is 0.928. The van der Waals surface area contributed by atoms with Gasteiger partial charge in [-0.15, -0.1) is 0 Å². The first-order valence-electron chi connectivity index (χ1n) is 7.60. The zero-order chi connectivity index (χ0) is 19.6. The van der Waals surface area contributed by atoms with E-state index in [4.69, 9.17) is 27.9 Å². The number of aliphatic hydroxyl groups is 1. The van der Waals surface area contributed by atoms with Gasteiger partial charge in [0.05, 0.1) is 17.7 Å². The van der Waals surface area contributed by atoms with E-state index in [-0.39, 0.29) is 16.4 Å². The van der Waals surface area contributed by atoms with Crippen LogP contribution in [-0.4, -0.2) is 23.2 Å². The predicted octanol–water partition coefficient (Wildman–Crippen LogP) is 5.94. The maximum atomic E-state index is 13.1. The summed E-state index contributed by atoms with van der Waals surface area (Å²) >= 11 is 13.2. The van der Waals surface area contributed by atoms with E-state index in [0.717, 1.165) is 11.8 Å². The van der Waals surface area contributed by atoms with Crippen molar-refractivity contribution in [2.45, 2.75) is 0 Å². The van der Waals surface area contributed by atoms with E-state index < -0.39 is 11.8 Å². The Bertz CT molecular complexity index is 1000. The molecule has 3 rings (SSSR count). The van der Waals surface area contributed by atoms with Gasteiger partial charge < -0.3 is 9.84 Å². The topological polar surface area (TPSA) is 58.9 Å². The molecular formula is C19H12Cl2FNO3S. The van der Waals surface area contributed by atoms with E-state index in [2.05, 4.69) is 4.99 Å². The second kappa shape index (κ2) is 8.17. The Morgan fingerprint density at radius 2 is 1.93 bits per heavy atom. The van der Waals surface area contributed by atoms with Crippen LogP contribution >= 0.6 is 35.0 Å². The minimum Gasteiger partial charge on any atom is -0.506 e. The molecule has 0 fully saturated rings. The minimum atomic E-state index is -0.735. The van der Waals surface area contributed by atoms with Gasteiger partial charge in [0.2, 0.25) is 0 Å². The van der Waals surface area contributed by atoms with Crippen molar-refractivity contribution in [1.82, 2.24) is 0 Å². The van der Waals surface area contributed by atoms with E-state index in [1.54, 1.807) is 24.3 Å². The molecule has 4 nitrogen and oxygen atoms in total. The van der Waals surface area contributed by atoms with Crippen molar-refractivity contribution in [1.29, 1.82) is 0 Å². The van der Waals surface area contributed by atoms with Crippen LogP contribution in [0.4, 0.5) is 10.1 Å². The monoisotopic (exact) mass is 423 g/mol. The Labute approximate surface area is 169 Å². The lowest BCUT2D eigenvalue weighted by Crippen LogP contribution is -2.10. The van der Waals surface area contributed by atoms with Gasteiger partial charge in [-0.1, -0.05) is 35.0 Å². The maximum Gasteiger partial charge on any atom is 0.344 e. The highest BCUT2D eigenvalue weighted by atomic mass is 35.5. The Hall–Kier alpha value is -2.28. The number of esters is 1. The molecule has 0 bridgehead atoms. The fourth-order valence-corrected chi connectivity index (χ4v) is 3.67. The Kier molecular flexibility index (Phi) is 5.89. The standard InChI is InChI=1S/C19H12Cl2FNO3S/c1-26-19(25)16-17(24)15(9-10-8-11(20)2-7-14(10)21)27-18(16)23-13-5-3-12(22)4-6-13/h2-9,24H,1H3. The van der Waals surface area contributed by atoms with E-state index in [0.29, 0.717) is 26.2 Å². The quantitative estimate of drug-likeness (QED) is 0.620. The third kappa shape index (κ3) is 4.35. The minimum absolute atomic E-state index is 0.0729. The number of methoxy groups -OCH3 is 1. The third-order valence-corrected chi connectivity index (χ3v) is 5.18. The number of halogens is 3. The molecule has 1 aliphatic heterocycles. The molecule has 1 N–H and O–H groups in total. The van der Waals surface area contributed by atoms with Crippen LogP contribution in [0.3, 0.4) is 0 Å². The summed E-state index contributed by atoms with van der Waals surface area (Å²) in [5.74, 6) is -1.41. The van der Waals surface area contributed by atoms with Crippen LogP contribution in [0, 0.1) is 5.82 Å². The fourth-order valence-electron chi connectivity index (χ4n) is 2.29. The molecule has 8 heteroatoms. The van der Waals surface area contributed by atoms with E-state index in [9.17, 15) is 14.3 Å². The van der Waals surface area contributed by atoms with Crippen molar-refractivity contribution in [2.24, 2.45) is 4.99 Å². The van der Waals surface area contributed by atoms with Crippen LogP contribution in [0.2, 0.25) is 10.0 Å². The number of carbonyl (C=O) groups excluding carboxylic acids is 1. The average Bonchev–Trinajstić information content (AvgIpc) is 2.94. The molecule has 0 aromatic heterocycles. The summed E-state index contributed by atoms with van der Waals surface area (Å²) in [4.78, 5) is 16.8. The van der Waals surface area contributed by atoms with Gasteiger partial charge in [0.1, 0.15) is 22.2 Å². The molecule has 2 aromatic carbocycles. The van der Waals surface area contributed by atoms with Crippen molar-refractivity contribution in [3.63, 3.8) is 0 Å². The summed E-state index contributed by atoms with van der Waals surface area (Å²) in [6, 6.07) is 10.3. The van der Waals surface area contributed by atoms with Gasteiger partial charge in [-0.05, 0) is 54.1 Å². The van der Waals surface area contributed by atoms with Gasteiger partial charge in [-0.25, -0.2) is 14.2 Å². The number of rotatable bonds is 3. The molecule has 0 unspecified atom stereocenters. The molecule has 1 heterocycles. The number of benzene rings is 2. The summed E-state index contributed by atoms with van der Waals surface area (Å²) in [6.07, 6.45) is 1.60. The summed E-state index contributed by atoms with van der Waals surface area (Å²) < 4.78 is 17.8. The van der Waals surface area contributed by atoms with Gasteiger partial charge >= 0.3 is 5.97 Å². The fraction of sp³-hybridized carbons (Fsp3) is 0.0526. The van der Waals surface area contributed by atoms with Gasteiger partial charge in [0.25, 0.3) is 0 Å². The zero-order valence-corrected chi connectivity index (χ0v) is 16.2. The van der Waals surface area contributed by atoms with Crippen LogP contribution in [0.5, 0.6) is 0 Å². The lowest BCUT2D eigenvalue weighted by Gasteiger charge is -2.02. The molecule has 0 aliphatic carbocycles.